The zero-order valence-electron chi connectivity index (χ0n) is 14.9. The van der Waals surface area contributed by atoms with Gasteiger partial charge in [0.15, 0.2) is 0 Å². The van der Waals surface area contributed by atoms with Gasteiger partial charge in [-0.05, 0) is 43.4 Å². The summed E-state index contributed by atoms with van der Waals surface area (Å²) in [6.07, 6.45) is 6.51. The molecule has 1 N–H and O–H groups in total. The summed E-state index contributed by atoms with van der Waals surface area (Å²) in [5.41, 5.74) is 3.68. The molecule has 0 spiro atoms. The SMILES string of the molecule is Cc1ccc(Cc2nnc(SCC(=O)NC3CCCCC3)o2)cc1C. The number of rotatable bonds is 6. The quantitative estimate of drug-likeness (QED) is 0.794. The lowest BCUT2D eigenvalue weighted by Crippen LogP contribution is -2.37. The Labute approximate surface area is 153 Å². The third-order valence-electron chi connectivity index (χ3n) is 4.67. The monoisotopic (exact) mass is 359 g/mol. The van der Waals surface area contributed by atoms with Crippen LogP contribution in [0.3, 0.4) is 0 Å². The summed E-state index contributed by atoms with van der Waals surface area (Å²) in [5.74, 6) is 0.950. The standard InChI is InChI=1S/C19H25N3O2S/c1-13-8-9-15(10-14(13)2)11-18-21-22-19(24-18)25-12-17(23)20-16-6-4-3-5-7-16/h8-10,16H,3-7,11-12H2,1-2H3,(H,20,23). The van der Waals surface area contributed by atoms with Crippen LogP contribution in [0.2, 0.25) is 0 Å². The topological polar surface area (TPSA) is 68.0 Å². The summed E-state index contributed by atoms with van der Waals surface area (Å²) in [5, 5.41) is 11.7. The van der Waals surface area contributed by atoms with E-state index < -0.39 is 0 Å². The summed E-state index contributed by atoms with van der Waals surface area (Å²) >= 11 is 1.30. The van der Waals surface area contributed by atoms with Crippen molar-refractivity contribution in [2.24, 2.45) is 0 Å². The van der Waals surface area contributed by atoms with Crippen LogP contribution in [0.25, 0.3) is 0 Å². The first kappa shape index (κ1) is 18.0. The van der Waals surface area contributed by atoms with Gasteiger partial charge in [0, 0.05) is 6.04 Å². The van der Waals surface area contributed by atoms with Gasteiger partial charge < -0.3 is 9.73 Å². The number of aryl methyl sites for hydroxylation is 2. The summed E-state index contributed by atoms with van der Waals surface area (Å²) in [7, 11) is 0. The van der Waals surface area contributed by atoms with Gasteiger partial charge in [-0.2, -0.15) is 0 Å². The molecule has 0 saturated heterocycles. The van der Waals surface area contributed by atoms with E-state index >= 15 is 0 Å². The predicted octanol–water partition coefficient (Wildman–Crippen LogP) is 3.82. The Morgan fingerprint density at radius 3 is 2.76 bits per heavy atom. The fourth-order valence-electron chi connectivity index (χ4n) is 3.10. The first-order valence-electron chi connectivity index (χ1n) is 8.91. The van der Waals surface area contributed by atoms with Crippen LogP contribution in [0.1, 0.15) is 54.7 Å². The molecule has 1 aliphatic rings. The maximum atomic E-state index is 12.0. The molecule has 1 aromatic heterocycles. The second-order valence-corrected chi connectivity index (χ2v) is 7.67. The first-order valence-corrected chi connectivity index (χ1v) is 9.89. The molecule has 134 valence electrons. The van der Waals surface area contributed by atoms with Crippen molar-refractivity contribution in [2.75, 3.05) is 5.75 Å². The lowest BCUT2D eigenvalue weighted by molar-refractivity contribution is -0.119. The van der Waals surface area contributed by atoms with Gasteiger partial charge in [0.1, 0.15) is 0 Å². The van der Waals surface area contributed by atoms with Crippen LogP contribution in [-0.2, 0) is 11.2 Å². The maximum Gasteiger partial charge on any atom is 0.277 e. The number of hydrogen-bond acceptors (Lipinski definition) is 5. The van der Waals surface area contributed by atoms with Crippen molar-refractivity contribution in [3.63, 3.8) is 0 Å². The Balaban J connectivity index is 1.47. The van der Waals surface area contributed by atoms with Crippen LogP contribution in [0.5, 0.6) is 0 Å². The Kier molecular flexibility index (Phi) is 6.13. The molecule has 6 heteroatoms. The van der Waals surface area contributed by atoms with E-state index in [-0.39, 0.29) is 5.91 Å². The summed E-state index contributed by atoms with van der Waals surface area (Å²) in [6, 6.07) is 6.66. The van der Waals surface area contributed by atoms with Crippen LogP contribution in [-0.4, -0.2) is 27.9 Å². The number of aromatic nitrogens is 2. The molecule has 1 aromatic carbocycles. The molecule has 0 bridgehead atoms. The maximum absolute atomic E-state index is 12.0. The molecule has 1 fully saturated rings. The molecule has 0 unspecified atom stereocenters. The molecule has 1 heterocycles. The highest BCUT2D eigenvalue weighted by atomic mass is 32.2. The first-order chi connectivity index (χ1) is 12.1. The number of carbonyl (C=O) groups is 1. The van der Waals surface area contributed by atoms with Gasteiger partial charge in [-0.1, -0.05) is 49.2 Å². The van der Waals surface area contributed by atoms with Gasteiger partial charge in [0.2, 0.25) is 11.8 Å². The molecular weight excluding hydrogens is 334 g/mol. The fourth-order valence-corrected chi connectivity index (χ4v) is 3.69. The molecule has 1 amide bonds. The second kappa shape index (κ2) is 8.52. The Morgan fingerprint density at radius 2 is 2.00 bits per heavy atom. The highest BCUT2D eigenvalue weighted by Crippen LogP contribution is 2.20. The molecule has 1 aliphatic carbocycles. The van der Waals surface area contributed by atoms with Crippen molar-refractivity contribution >= 4 is 17.7 Å². The lowest BCUT2D eigenvalue weighted by atomic mass is 9.95. The smallest absolute Gasteiger partial charge is 0.277 e. The van der Waals surface area contributed by atoms with Gasteiger partial charge in [0.25, 0.3) is 5.22 Å². The van der Waals surface area contributed by atoms with Gasteiger partial charge >= 0.3 is 0 Å². The van der Waals surface area contributed by atoms with Crippen molar-refractivity contribution in [2.45, 2.75) is 63.6 Å². The Bertz CT molecular complexity index is 723. The van der Waals surface area contributed by atoms with E-state index in [2.05, 4.69) is 47.6 Å². The van der Waals surface area contributed by atoms with Crippen LogP contribution >= 0.6 is 11.8 Å². The highest BCUT2D eigenvalue weighted by Gasteiger charge is 2.16. The van der Waals surface area contributed by atoms with Crippen molar-refractivity contribution in [3.05, 3.63) is 40.8 Å². The zero-order chi connectivity index (χ0) is 17.6. The number of benzene rings is 1. The molecule has 2 aromatic rings. The largest absolute Gasteiger partial charge is 0.416 e. The number of hydrogen-bond donors (Lipinski definition) is 1. The highest BCUT2D eigenvalue weighted by molar-refractivity contribution is 7.99. The molecule has 0 radical (unpaired) electrons. The summed E-state index contributed by atoms with van der Waals surface area (Å²) < 4.78 is 5.66. The van der Waals surface area contributed by atoms with Crippen LogP contribution < -0.4 is 5.32 Å². The van der Waals surface area contributed by atoms with Crippen molar-refractivity contribution in [1.29, 1.82) is 0 Å². The molecule has 5 nitrogen and oxygen atoms in total. The van der Waals surface area contributed by atoms with Crippen LogP contribution in [0, 0.1) is 13.8 Å². The fraction of sp³-hybridized carbons (Fsp3) is 0.526. The van der Waals surface area contributed by atoms with E-state index in [1.807, 2.05) is 0 Å². The van der Waals surface area contributed by atoms with Crippen LogP contribution in [0.4, 0.5) is 0 Å². The van der Waals surface area contributed by atoms with Gasteiger partial charge in [-0.25, -0.2) is 0 Å². The minimum Gasteiger partial charge on any atom is -0.416 e. The average Bonchev–Trinajstić information content (AvgIpc) is 3.05. The van der Waals surface area contributed by atoms with E-state index in [1.165, 1.54) is 42.2 Å². The van der Waals surface area contributed by atoms with E-state index in [9.17, 15) is 4.79 Å². The Hall–Kier alpha value is -1.82. The van der Waals surface area contributed by atoms with Crippen molar-refractivity contribution < 1.29 is 9.21 Å². The lowest BCUT2D eigenvalue weighted by Gasteiger charge is -2.22. The van der Waals surface area contributed by atoms with Gasteiger partial charge in [0.05, 0.1) is 12.2 Å². The molecule has 0 atom stereocenters. The number of thioether (sulfide) groups is 1. The minimum atomic E-state index is 0.0470. The summed E-state index contributed by atoms with van der Waals surface area (Å²) in [6.45, 7) is 4.19. The zero-order valence-corrected chi connectivity index (χ0v) is 15.7. The number of amides is 1. The molecule has 1 saturated carbocycles. The van der Waals surface area contributed by atoms with Gasteiger partial charge in [-0.15, -0.1) is 10.2 Å². The molecule has 25 heavy (non-hydrogen) atoms. The summed E-state index contributed by atoms with van der Waals surface area (Å²) in [4.78, 5) is 12.0. The van der Waals surface area contributed by atoms with E-state index in [0.717, 1.165) is 18.4 Å². The van der Waals surface area contributed by atoms with E-state index in [4.69, 9.17) is 4.42 Å². The van der Waals surface area contributed by atoms with Gasteiger partial charge in [-0.3, -0.25) is 4.79 Å². The predicted molar refractivity (Wildman–Crippen MR) is 98.8 cm³/mol. The second-order valence-electron chi connectivity index (χ2n) is 6.75. The molecule has 3 rings (SSSR count). The molecule has 0 aliphatic heterocycles. The average molecular weight is 359 g/mol. The number of nitrogens with one attached hydrogen (secondary N) is 1. The van der Waals surface area contributed by atoms with Crippen molar-refractivity contribution in [3.8, 4) is 0 Å². The Morgan fingerprint density at radius 1 is 1.20 bits per heavy atom. The third kappa shape index (κ3) is 5.33. The van der Waals surface area contributed by atoms with E-state index in [1.54, 1.807) is 0 Å². The van der Waals surface area contributed by atoms with Crippen molar-refractivity contribution in [1.82, 2.24) is 15.5 Å². The minimum absolute atomic E-state index is 0.0470. The molecular formula is C19H25N3O2S. The third-order valence-corrected chi connectivity index (χ3v) is 5.49. The number of nitrogens with zero attached hydrogens (tertiary/aromatic N) is 2. The van der Waals surface area contributed by atoms with Crippen LogP contribution in [0.15, 0.2) is 27.8 Å². The number of carbonyl (C=O) groups excluding carboxylic acids is 1. The van der Waals surface area contributed by atoms with E-state index in [0.29, 0.717) is 29.3 Å². The normalized spacial score (nSPS) is 15.3.